The molecule has 0 aliphatic heterocycles. The third-order valence-electron chi connectivity index (χ3n) is 3.90. The Labute approximate surface area is 81.3 Å². The summed E-state index contributed by atoms with van der Waals surface area (Å²) in [5, 5.41) is 3.40. The maximum Gasteiger partial charge on any atom is 0.00745 e. The first kappa shape index (κ1) is 9.47. The van der Waals surface area contributed by atoms with E-state index in [0.717, 1.165) is 30.8 Å². The molecule has 2 aliphatic carbocycles. The Morgan fingerprint density at radius 1 is 1.15 bits per heavy atom. The molecule has 2 rings (SSSR count). The van der Waals surface area contributed by atoms with Crippen molar-refractivity contribution in [1.29, 1.82) is 0 Å². The van der Waals surface area contributed by atoms with Crippen LogP contribution in [0.1, 0.15) is 32.1 Å². The molecular formula is C11H22N2. The van der Waals surface area contributed by atoms with Gasteiger partial charge in [0.1, 0.15) is 0 Å². The van der Waals surface area contributed by atoms with Crippen LogP contribution in [0.2, 0.25) is 0 Å². The van der Waals surface area contributed by atoms with E-state index in [1.807, 2.05) is 0 Å². The summed E-state index contributed by atoms with van der Waals surface area (Å²) in [6.45, 7) is 2.95. The molecule has 2 aliphatic rings. The van der Waals surface area contributed by atoms with E-state index in [4.69, 9.17) is 5.73 Å². The molecule has 0 aromatic heterocycles. The minimum atomic E-state index is 0.775. The van der Waals surface area contributed by atoms with Gasteiger partial charge in [0, 0.05) is 13.1 Å². The highest BCUT2D eigenvalue weighted by molar-refractivity contribution is 4.89. The van der Waals surface area contributed by atoms with Gasteiger partial charge >= 0.3 is 0 Å². The van der Waals surface area contributed by atoms with Crippen molar-refractivity contribution >= 4 is 0 Å². The topological polar surface area (TPSA) is 38.0 Å². The lowest BCUT2D eigenvalue weighted by atomic mass is 9.86. The molecule has 0 spiro atoms. The lowest BCUT2D eigenvalue weighted by Crippen LogP contribution is -2.25. The second kappa shape index (κ2) is 4.43. The summed E-state index contributed by atoms with van der Waals surface area (Å²) in [7, 11) is 0. The van der Waals surface area contributed by atoms with Crippen LogP contribution in [0.3, 0.4) is 0 Å². The first-order valence-electron chi connectivity index (χ1n) is 5.81. The van der Waals surface area contributed by atoms with Gasteiger partial charge in [0.2, 0.25) is 0 Å². The summed E-state index contributed by atoms with van der Waals surface area (Å²) in [6.07, 6.45) is 7.50. The van der Waals surface area contributed by atoms with Crippen molar-refractivity contribution in [3.8, 4) is 0 Å². The minimum Gasteiger partial charge on any atom is -0.329 e. The summed E-state index contributed by atoms with van der Waals surface area (Å²) >= 11 is 0. The van der Waals surface area contributed by atoms with Crippen molar-refractivity contribution < 1.29 is 0 Å². The molecule has 2 saturated carbocycles. The van der Waals surface area contributed by atoms with E-state index in [-0.39, 0.29) is 0 Å². The standard InChI is InChI=1S/C11H22N2/c12-4-6-13-5-3-11-8-9-1-2-10(11)7-9/h9-11,13H,1-8,12H2. The lowest BCUT2D eigenvalue weighted by molar-refractivity contribution is 0.311. The van der Waals surface area contributed by atoms with E-state index in [1.165, 1.54) is 32.2 Å². The van der Waals surface area contributed by atoms with E-state index in [1.54, 1.807) is 6.42 Å². The summed E-state index contributed by atoms with van der Waals surface area (Å²) in [5.74, 6) is 3.23. The summed E-state index contributed by atoms with van der Waals surface area (Å²) in [4.78, 5) is 0. The molecule has 0 radical (unpaired) electrons. The summed E-state index contributed by atoms with van der Waals surface area (Å²) in [5.41, 5.74) is 5.42. The van der Waals surface area contributed by atoms with E-state index in [0.29, 0.717) is 0 Å². The number of fused-ring (bicyclic) bond motifs is 2. The molecule has 76 valence electrons. The predicted octanol–water partition coefficient (Wildman–Crippen LogP) is 1.36. The second-order valence-electron chi connectivity index (χ2n) is 4.76. The van der Waals surface area contributed by atoms with Crippen molar-refractivity contribution in [3.05, 3.63) is 0 Å². The van der Waals surface area contributed by atoms with Gasteiger partial charge in [0.05, 0.1) is 0 Å². The minimum absolute atomic E-state index is 0.775. The Bertz CT molecular complexity index is 158. The van der Waals surface area contributed by atoms with Crippen molar-refractivity contribution in [2.24, 2.45) is 23.5 Å². The van der Waals surface area contributed by atoms with E-state index < -0.39 is 0 Å². The molecule has 2 bridgehead atoms. The molecule has 0 amide bonds. The Kier molecular flexibility index (Phi) is 3.23. The highest BCUT2D eigenvalue weighted by atomic mass is 14.9. The van der Waals surface area contributed by atoms with Crippen molar-refractivity contribution in [2.75, 3.05) is 19.6 Å². The van der Waals surface area contributed by atoms with E-state index in [9.17, 15) is 0 Å². The second-order valence-corrected chi connectivity index (χ2v) is 4.76. The number of nitrogens with two attached hydrogens (primary N) is 1. The Balaban J connectivity index is 1.60. The smallest absolute Gasteiger partial charge is 0.00745 e. The van der Waals surface area contributed by atoms with Gasteiger partial charge in [-0.25, -0.2) is 0 Å². The van der Waals surface area contributed by atoms with Crippen LogP contribution in [-0.2, 0) is 0 Å². The van der Waals surface area contributed by atoms with Crippen LogP contribution in [0.25, 0.3) is 0 Å². The third-order valence-corrected chi connectivity index (χ3v) is 3.90. The molecule has 3 atom stereocenters. The van der Waals surface area contributed by atoms with Gasteiger partial charge in [-0.15, -0.1) is 0 Å². The molecule has 0 aromatic rings. The number of hydrogen-bond donors (Lipinski definition) is 2. The Morgan fingerprint density at radius 3 is 2.69 bits per heavy atom. The van der Waals surface area contributed by atoms with Gasteiger partial charge in [-0.3, -0.25) is 0 Å². The van der Waals surface area contributed by atoms with Crippen LogP contribution in [0.15, 0.2) is 0 Å². The first-order chi connectivity index (χ1) is 6.40. The van der Waals surface area contributed by atoms with Crippen LogP contribution < -0.4 is 11.1 Å². The van der Waals surface area contributed by atoms with Gasteiger partial charge in [0.25, 0.3) is 0 Å². The van der Waals surface area contributed by atoms with Crippen molar-refractivity contribution in [1.82, 2.24) is 5.32 Å². The van der Waals surface area contributed by atoms with Crippen LogP contribution in [0.5, 0.6) is 0 Å². The zero-order chi connectivity index (χ0) is 9.10. The molecule has 0 saturated heterocycles. The summed E-state index contributed by atoms with van der Waals surface area (Å²) < 4.78 is 0. The maximum atomic E-state index is 5.42. The highest BCUT2D eigenvalue weighted by Crippen LogP contribution is 2.49. The van der Waals surface area contributed by atoms with E-state index >= 15 is 0 Å². The van der Waals surface area contributed by atoms with Gasteiger partial charge in [-0.1, -0.05) is 6.42 Å². The highest BCUT2D eigenvalue weighted by Gasteiger charge is 2.38. The predicted molar refractivity (Wildman–Crippen MR) is 55.5 cm³/mol. The van der Waals surface area contributed by atoms with Gasteiger partial charge in [-0.2, -0.15) is 0 Å². The molecular weight excluding hydrogens is 160 g/mol. The van der Waals surface area contributed by atoms with Crippen molar-refractivity contribution in [3.63, 3.8) is 0 Å². The molecule has 2 heteroatoms. The number of nitrogens with one attached hydrogen (secondary N) is 1. The fourth-order valence-electron chi connectivity index (χ4n) is 3.24. The monoisotopic (exact) mass is 182 g/mol. The first-order valence-corrected chi connectivity index (χ1v) is 5.81. The molecule has 3 N–H and O–H groups in total. The number of rotatable bonds is 5. The normalized spacial score (nSPS) is 37.2. The maximum absolute atomic E-state index is 5.42. The van der Waals surface area contributed by atoms with Crippen LogP contribution in [-0.4, -0.2) is 19.6 Å². The van der Waals surface area contributed by atoms with Crippen molar-refractivity contribution in [2.45, 2.75) is 32.1 Å². The van der Waals surface area contributed by atoms with Crippen LogP contribution >= 0.6 is 0 Å². The average molecular weight is 182 g/mol. The molecule has 2 fully saturated rings. The zero-order valence-electron chi connectivity index (χ0n) is 8.47. The summed E-state index contributed by atoms with van der Waals surface area (Å²) in [6, 6.07) is 0. The Morgan fingerprint density at radius 2 is 2.08 bits per heavy atom. The zero-order valence-corrected chi connectivity index (χ0v) is 8.47. The number of hydrogen-bond acceptors (Lipinski definition) is 2. The average Bonchev–Trinajstić information content (AvgIpc) is 2.73. The quantitative estimate of drug-likeness (QED) is 0.630. The molecule has 0 aromatic carbocycles. The molecule has 2 nitrogen and oxygen atoms in total. The third kappa shape index (κ3) is 2.23. The SMILES string of the molecule is NCCNCCC1CC2CCC1C2. The van der Waals surface area contributed by atoms with E-state index in [2.05, 4.69) is 5.32 Å². The Hall–Kier alpha value is -0.0800. The fourth-order valence-corrected chi connectivity index (χ4v) is 3.24. The van der Waals surface area contributed by atoms with Gasteiger partial charge in [0.15, 0.2) is 0 Å². The molecule has 3 unspecified atom stereocenters. The molecule has 0 heterocycles. The van der Waals surface area contributed by atoms with Gasteiger partial charge in [-0.05, 0) is 50.0 Å². The fraction of sp³-hybridized carbons (Fsp3) is 1.00. The lowest BCUT2D eigenvalue weighted by Gasteiger charge is -2.21. The van der Waals surface area contributed by atoms with Gasteiger partial charge < -0.3 is 11.1 Å². The molecule has 13 heavy (non-hydrogen) atoms. The van der Waals surface area contributed by atoms with Crippen LogP contribution in [0, 0.1) is 17.8 Å². The van der Waals surface area contributed by atoms with Crippen LogP contribution in [0.4, 0.5) is 0 Å². The largest absolute Gasteiger partial charge is 0.329 e.